The average molecular weight is 212 g/mol. The van der Waals surface area contributed by atoms with Gasteiger partial charge in [0.15, 0.2) is 0 Å². The van der Waals surface area contributed by atoms with Crippen LogP contribution in [0.4, 0.5) is 0 Å². The maximum Gasteiger partial charge on any atom is 1.00 e. The van der Waals surface area contributed by atoms with Gasteiger partial charge in [0.2, 0.25) is 0 Å². The second kappa shape index (κ2) is 8.65. The van der Waals surface area contributed by atoms with E-state index in [0.717, 1.165) is 0 Å². The van der Waals surface area contributed by atoms with Gasteiger partial charge < -0.3 is 7.59 Å². The fourth-order valence-electron chi connectivity index (χ4n) is 0.764. The third-order valence-corrected chi connectivity index (χ3v) is 1.25. The second-order valence-electron chi connectivity index (χ2n) is 2.25. The van der Waals surface area contributed by atoms with E-state index in [4.69, 9.17) is 0 Å². The zero-order valence-electron chi connectivity index (χ0n) is 10.6. The number of carbonyl (C=O) groups is 2. The summed E-state index contributed by atoms with van der Waals surface area (Å²) in [5, 5.41) is 0. The molecule has 0 amide bonds. The van der Waals surface area contributed by atoms with Crippen LogP contribution in [0.25, 0.3) is 0 Å². The van der Waals surface area contributed by atoms with Crippen LogP contribution in [0.5, 0.6) is 0 Å². The molecule has 0 heterocycles. The second-order valence-corrected chi connectivity index (χ2v) is 2.25. The molecule has 0 aliphatic heterocycles. The van der Waals surface area contributed by atoms with Gasteiger partial charge in [-0.25, -0.2) is 4.79 Å². The third-order valence-electron chi connectivity index (χ3n) is 1.25. The van der Waals surface area contributed by atoms with Crippen molar-refractivity contribution < 1.29 is 76.3 Å². The molecule has 0 radical (unpaired) electrons. The summed E-state index contributed by atoms with van der Waals surface area (Å²) in [7, 11) is 0. The normalized spacial score (nSPS) is 7.79. The summed E-state index contributed by atoms with van der Waals surface area (Å²) in [6, 6.07) is 8.37. The van der Waals surface area contributed by atoms with Crippen molar-refractivity contribution in [3.05, 3.63) is 35.9 Å². The van der Waals surface area contributed by atoms with Gasteiger partial charge in [0.25, 0.3) is 0 Å². The molecule has 14 heavy (non-hydrogen) atoms. The Morgan fingerprint density at radius 2 is 1.64 bits per heavy atom. The van der Waals surface area contributed by atoms with Gasteiger partial charge in [-0.3, -0.25) is 4.79 Å². The summed E-state index contributed by atoms with van der Waals surface area (Å²) in [4.78, 5) is 21.4. The summed E-state index contributed by atoms with van der Waals surface area (Å²) in [5.41, 5.74) is 0.382. The first-order valence-corrected chi connectivity index (χ1v) is 3.48. The van der Waals surface area contributed by atoms with E-state index in [1.165, 1.54) is 6.92 Å². The van der Waals surface area contributed by atoms with Crippen LogP contribution in [0.3, 0.4) is 0 Å². The Labute approximate surface area is 130 Å². The molecule has 0 atom stereocenters. The minimum Gasteiger partial charge on any atom is -1.00 e. The van der Waals surface area contributed by atoms with Crippen molar-refractivity contribution in [2.75, 3.05) is 0 Å². The zero-order valence-corrected chi connectivity index (χ0v) is 12.6. The van der Waals surface area contributed by atoms with Gasteiger partial charge in [-0.05, 0) is 12.1 Å². The smallest absolute Gasteiger partial charge is 1.00 e. The Kier molecular flexibility index (Phi) is 10.4. The van der Waals surface area contributed by atoms with Crippen molar-refractivity contribution in [2.24, 2.45) is 0 Å². The van der Waals surface area contributed by atoms with E-state index in [-0.39, 0.29) is 62.0 Å². The quantitative estimate of drug-likeness (QED) is 0.268. The molecular formula is C9H10Na2O3. The van der Waals surface area contributed by atoms with Gasteiger partial charge in [0.05, 0.1) is 5.56 Å². The predicted octanol–water partition coefficient (Wildman–Crippen LogP) is -4.38. The Morgan fingerprint density at radius 3 is 2.07 bits per heavy atom. The van der Waals surface area contributed by atoms with Crippen molar-refractivity contribution in [1.29, 1.82) is 0 Å². The molecule has 3 nitrogen and oxygen atoms in total. The van der Waals surface area contributed by atoms with Crippen molar-refractivity contribution in [1.82, 2.24) is 0 Å². The van der Waals surface area contributed by atoms with Gasteiger partial charge in [-0.2, -0.15) is 0 Å². The Hall–Kier alpha value is 0.360. The molecule has 0 bridgehead atoms. The predicted molar refractivity (Wildman–Crippen MR) is 44.8 cm³/mol. The monoisotopic (exact) mass is 212 g/mol. The molecule has 5 heteroatoms. The number of benzene rings is 1. The van der Waals surface area contributed by atoms with Crippen LogP contribution in [0, 0.1) is 0 Å². The number of hydrogen-bond donors (Lipinski definition) is 0. The minimum absolute atomic E-state index is 0. The zero-order chi connectivity index (χ0) is 8.97. The van der Waals surface area contributed by atoms with E-state index in [2.05, 4.69) is 4.74 Å². The molecule has 0 spiro atoms. The largest absolute Gasteiger partial charge is 1.00 e. The van der Waals surface area contributed by atoms with E-state index < -0.39 is 11.9 Å². The van der Waals surface area contributed by atoms with Crippen LogP contribution < -0.4 is 59.1 Å². The maximum absolute atomic E-state index is 11.0. The van der Waals surface area contributed by atoms with Crippen molar-refractivity contribution in [3.63, 3.8) is 0 Å². The first-order chi connectivity index (χ1) is 5.70. The number of esters is 2. The van der Waals surface area contributed by atoms with Crippen molar-refractivity contribution in [3.8, 4) is 0 Å². The van der Waals surface area contributed by atoms with Gasteiger partial charge in [0.1, 0.15) is 0 Å². The Bertz CT molecular complexity index is 307. The fourth-order valence-corrected chi connectivity index (χ4v) is 0.764. The topological polar surface area (TPSA) is 43.4 Å². The van der Waals surface area contributed by atoms with Crippen molar-refractivity contribution >= 4 is 11.9 Å². The van der Waals surface area contributed by atoms with Gasteiger partial charge in [-0.1, -0.05) is 18.2 Å². The van der Waals surface area contributed by atoms with Gasteiger partial charge in [-0.15, -0.1) is 0 Å². The van der Waals surface area contributed by atoms with E-state index in [1.54, 1.807) is 30.3 Å². The average Bonchev–Trinajstić information content (AvgIpc) is 2.05. The van der Waals surface area contributed by atoms with E-state index in [1.807, 2.05) is 0 Å². The Morgan fingerprint density at radius 1 is 1.14 bits per heavy atom. The van der Waals surface area contributed by atoms with E-state index >= 15 is 0 Å². The summed E-state index contributed by atoms with van der Waals surface area (Å²) in [5.74, 6) is -1.20. The molecule has 0 unspecified atom stereocenters. The summed E-state index contributed by atoms with van der Waals surface area (Å²) >= 11 is 0. The van der Waals surface area contributed by atoms with Crippen LogP contribution in [0.15, 0.2) is 30.3 Å². The van der Waals surface area contributed by atoms with Crippen molar-refractivity contribution in [2.45, 2.75) is 6.92 Å². The molecule has 1 aromatic rings. The van der Waals surface area contributed by atoms with Crippen LogP contribution in [-0.4, -0.2) is 11.9 Å². The molecule has 1 rings (SSSR count). The molecule has 1 aromatic carbocycles. The van der Waals surface area contributed by atoms with Crippen LogP contribution in [0.2, 0.25) is 0 Å². The Balaban J connectivity index is -0.000000180. The molecule has 66 valence electrons. The molecule has 0 saturated heterocycles. The third kappa shape index (κ3) is 5.96. The standard InChI is InChI=1S/C9H8O3.2Na.2H/c1-7(10)12-9(11)8-5-3-2-4-6-8;;;;/h2-6H,1H3;;;;/q;2*+1;2*-1. The summed E-state index contributed by atoms with van der Waals surface area (Å²) in [6.07, 6.45) is 0. The minimum atomic E-state index is -0.608. The molecule has 0 N–H and O–H groups in total. The number of hydrogen-bond acceptors (Lipinski definition) is 3. The first-order valence-electron chi connectivity index (χ1n) is 3.48. The van der Waals surface area contributed by atoms with Crippen LogP contribution in [0.1, 0.15) is 20.1 Å². The summed E-state index contributed by atoms with van der Waals surface area (Å²) < 4.78 is 4.36. The maximum atomic E-state index is 11.0. The van der Waals surface area contributed by atoms with Gasteiger partial charge >= 0.3 is 71.1 Å². The summed E-state index contributed by atoms with van der Waals surface area (Å²) in [6.45, 7) is 1.20. The molecule has 0 fully saturated rings. The molecule has 0 aliphatic rings. The van der Waals surface area contributed by atoms with E-state index in [0.29, 0.717) is 5.56 Å². The van der Waals surface area contributed by atoms with Crippen LogP contribution >= 0.6 is 0 Å². The number of carbonyl (C=O) groups excluding carboxylic acids is 2. The molecular weight excluding hydrogens is 202 g/mol. The number of rotatable bonds is 1. The molecule has 0 saturated carbocycles. The molecule has 0 aromatic heterocycles. The first kappa shape index (κ1) is 16.8. The fraction of sp³-hybridized carbons (Fsp3) is 0.111. The van der Waals surface area contributed by atoms with Crippen LogP contribution in [-0.2, 0) is 9.53 Å². The SMILES string of the molecule is CC(=O)OC(=O)c1ccccc1.[H-].[H-].[Na+].[Na+]. The van der Waals surface area contributed by atoms with Gasteiger partial charge in [0, 0.05) is 6.92 Å². The molecule has 0 aliphatic carbocycles. The van der Waals surface area contributed by atoms with E-state index in [9.17, 15) is 9.59 Å². The number of ether oxygens (including phenoxy) is 1.